The Balaban J connectivity index is 2.35. The van der Waals surface area contributed by atoms with Crippen LogP contribution in [0.15, 0.2) is 42.5 Å². The molecule has 13 heavy (non-hydrogen) atoms. The molecule has 2 aromatic rings. The second-order valence-electron chi connectivity index (χ2n) is 3.54. The second kappa shape index (κ2) is 2.33. The van der Waals surface area contributed by atoms with E-state index < -0.39 is 0 Å². The summed E-state index contributed by atoms with van der Waals surface area (Å²) in [7, 11) is 1.14. The summed E-state index contributed by atoms with van der Waals surface area (Å²) in [5.74, 6) is 0. The molecular formula is C12H10Si. The molecule has 0 aromatic heterocycles. The first-order valence-electron chi connectivity index (χ1n) is 4.57. The van der Waals surface area contributed by atoms with Crippen molar-refractivity contribution in [3.63, 3.8) is 0 Å². The molecule has 1 aliphatic rings. The highest BCUT2D eigenvalue weighted by molar-refractivity contribution is 6.38. The molecule has 0 unspecified atom stereocenters. The van der Waals surface area contributed by atoms with E-state index in [-0.39, 0.29) is 0 Å². The van der Waals surface area contributed by atoms with Crippen molar-refractivity contribution in [2.24, 2.45) is 0 Å². The van der Waals surface area contributed by atoms with Crippen molar-refractivity contribution in [1.29, 1.82) is 0 Å². The SMILES string of the molecule is [SiH3]c1cccc2c1-c1ccccc1-2. The van der Waals surface area contributed by atoms with Gasteiger partial charge in [-0.05, 0) is 22.3 Å². The van der Waals surface area contributed by atoms with E-state index in [9.17, 15) is 0 Å². The van der Waals surface area contributed by atoms with Crippen LogP contribution in [-0.2, 0) is 0 Å². The average molecular weight is 182 g/mol. The Morgan fingerprint density at radius 1 is 0.692 bits per heavy atom. The van der Waals surface area contributed by atoms with E-state index in [2.05, 4.69) is 42.5 Å². The monoisotopic (exact) mass is 182 g/mol. The quantitative estimate of drug-likeness (QED) is 0.460. The van der Waals surface area contributed by atoms with E-state index in [0.717, 1.165) is 10.2 Å². The average Bonchev–Trinajstić information content (AvgIpc) is 2.14. The third-order valence-electron chi connectivity index (χ3n) is 2.76. The summed E-state index contributed by atoms with van der Waals surface area (Å²) in [6.07, 6.45) is 0. The molecule has 0 aliphatic heterocycles. The van der Waals surface area contributed by atoms with Gasteiger partial charge in [0.1, 0.15) is 0 Å². The molecule has 2 aromatic carbocycles. The molecule has 0 saturated heterocycles. The molecule has 1 heteroatoms. The number of benzene rings is 2. The molecule has 62 valence electrons. The van der Waals surface area contributed by atoms with E-state index in [4.69, 9.17) is 0 Å². The highest BCUT2D eigenvalue weighted by atomic mass is 28.1. The van der Waals surface area contributed by atoms with Crippen LogP contribution in [0.4, 0.5) is 0 Å². The van der Waals surface area contributed by atoms with Gasteiger partial charge in [-0.15, -0.1) is 0 Å². The highest BCUT2D eigenvalue weighted by Crippen LogP contribution is 2.44. The van der Waals surface area contributed by atoms with Gasteiger partial charge < -0.3 is 0 Å². The van der Waals surface area contributed by atoms with Crippen molar-refractivity contribution in [3.05, 3.63) is 42.5 Å². The summed E-state index contributed by atoms with van der Waals surface area (Å²) in [5, 5.41) is 1.52. The van der Waals surface area contributed by atoms with Crippen molar-refractivity contribution in [3.8, 4) is 22.3 Å². The molecule has 0 radical (unpaired) electrons. The smallest absolute Gasteiger partial charge is 0.0393 e. The van der Waals surface area contributed by atoms with Crippen molar-refractivity contribution < 1.29 is 0 Å². The van der Waals surface area contributed by atoms with Crippen LogP contribution >= 0.6 is 0 Å². The Bertz CT molecular complexity index is 486. The molecule has 0 N–H and O–H groups in total. The molecule has 0 bridgehead atoms. The van der Waals surface area contributed by atoms with Crippen molar-refractivity contribution in [1.82, 2.24) is 0 Å². The molecule has 0 spiro atoms. The summed E-state index contributed by atoms with van der Waals surface area (Å²) in [6, 6.07) is 15.3. The molecule has 0 amide bonds. The zero-order chi connectivity index (χ0) is 8.84. The minimum Gasteiger partial charge on any atom is -0.0634 e. The first kappa shape index (κ1) is 7.10. The van der Waals surface area contributed by atoms with Crippen LogP contribution in [-0.4, -0.2) is 10.2 Å². The Morgan fingerprint density at radius 2 is 1.38 bits per heavy atom. The minimum absolute atomic E-state index is 1.14. The molecule has 0 heterocycles. The molecule has 3 rings (SSSR count). The van der Waals surface area contributed by atoms with Crippen LogP contribution in [0.25, 0.3) is 22.3 Å². The van der Waals surface area contributed by atoms with Crippen LogP contribution in [0.2, 0.25) is 0 Å². The summed E-state index contributed by atoms with van der Waals surface area (Å²) < 4.78 is 0. The van der Waals surface area contributed by atoms with Gasteiger partial charge in [-0.3, -0.25) is 0 Å². The topological polar surface area (TPSA) is 0 Å². The Morgan fingerprint density at radius 3 is 2.23 bits per heavy atom. The maximum Gasteiger partial charge on any atom is 0.0393 e. The van der Waals surface area contributed by atoms with Gasteiger partial charge in [0.25, 0.3) is 0 Å². The van der Waals surface area contributed by atoms with E-state index in [1.807, 2.05) is 0 Å². The van der Waals surface area contributed by atoms with Crippen LogP contribution in [0.3, 0.4) is 0 Å². The normalized spacial score (nSPS) is 11.7. The Hall–Kier alpha value is -1.34. The van der Waals surface area contributed by atoms with E-state index in [1.165, 1.54) is 27.4 Å². The van der Waals surface area contributed by atoms with Gasteiger partial charge in [-0.2, -0.15) is 0 Å². The Labute approximate surface area is 80.7 Å². The molecule has 0 saturated carbocycles. The molecule has 0 fully saturated rings. The third-order valence-corrected chi connectivity index (χ3v) is 3.59. The number of rotatable bonds is 0. The largest absolute Gasteiger partial charge is 0.0634 e. The maximum absolute atomic E-state index is 2.24. The van der Waals surface area contributed by atoms with Crippen LogP contribution in [0.5, 0.6) is 0 Å². The van der Waals surface area contributed by atoms with Gasteiger partial charge in [-0.1, -0.05) is 47.7 Å². The van der Waals surface area contributed by atoms with E-state index >= 15 is 0 Å². The Kier molecular flexibility index (Phi) is 1.27. The first-order valence-corrected chi connectivity index (χ1v) is 5.57. The summed E-state index contributed by atoms with van der Waals surface area (Å²) in [4.78, 5) is 0. The number of fused-ring (bicyclic) bond motifs is 4. The van der Waals surface area contributed by atoms with Crippen molar-refractivity contribution in [2.75, 3.05) is 0 Å². The lowest BCUT2D eigenvalue weighted by Gasteiger charge is -2.25. The zero-order valence-corrected chi connectivity index (χ0v) is 9.54. The van der Waals surface area contributed by atoms with Gasteiger partial charge in [0, 0.05) is 10.2 Å². The molecule has 0 nitrogen and oxygen atoms in total. The maximum atomic E-state index is 2.24. The van der Waals surface area contributed by atoms with Gasteiger partial charge in [-0.25, -0.2) is 0 Å². The standard InChI is InChI=1S/C12H10Si/c13-11-7-3-6-10-8-4-1-2-5-9(8)12(10)11/h1-7H,13H3. The lowest BCUT2D eigenvalue weighted by atomic mass is 9.81. The molecule has 1 aliphatic carbocycles. The van der Waals surface area contributed by atoms with Gasteiger partial charge in [0.15, 0.2) is 0 Å². The summed E-state index contributed by atoms with van der Waals surface area (Å²) in [6.45, 7) is 0. The third kappa shape index (κ3) is 0.797. The lowest BCUT2D eigenvalue weighted by Crippen LogP contribution is -2.13. The van der Waals surface area contributed by atoms with Gasteiger partial charge in [0.2, 0.25) is 0 Å². The fourth-order valence-corrected chi connectivity index (χ4v) is 2.85. The highest BCUT2D eigenvalue weighted by Gasteiger charge is 2.21. The second-order valence-corrected chi connectivity index (χ2v) is 4.62. The summed E-state index contributed by atoms with van der Waals surface area (Å²) in [5.41, 5.74) is 5.83. The van der Waals surface area contributed by atoms with Crippen LogP contribution < -0.4 is 5.19 Å². The predicted octanol–water partition coefficient (Wildman–Crippen LogP) is 1.32. The lowest BCUT2D eigenvalue weighted by molar-refractivity contribution is 1.54. The number of hydrogen-bond donors (Lipinski definition) is 0. The summed E-state index contributed by atoms with van der Waals surface area (Å²) >= 11 is 0. The van der Waals surface area contributed by atoms with Crippen LogP contribution in [0.1, 0.15) is 0 Å². The van der Waals surface area contributed by atoms with Gasteiger partial charge in [0.05, 0.1) is 0 Å². The van der Waals surface area contributed by atoms with Crippen molar-refractivity contribution in [2.45, 2.75) is 0 Å². The predicted molar refractivity (Wildman–Crippen MR) is 60.4 cm³/mol. The fourth-order valence-electron chi connectivity index (χ4n) is 2.12. The van der Waals surface area contributed by atoms with E-state index in [1.54, 1.807) is 0 Å². The van der Waals surface area contributed by atoms with Crippen LogP contribution in [0, 0.1) is 0 Å². The molecular weight excluding hydrogens is 172 g/mol. The van der Waals surface area contributed by atoms with E-state index in [0.29, 0.717) is 0 Å². The molecule has 0 atom stereocenters. The minimum atomic E-state index is 1.14. The fraction of sp³-hybridized carbons (Fsp3) is 0. The zero-order valence-electron chi connectivity index (χ0n) is 7.54. The number of hydrogen-bond acceptors (Lipinski definition) is 0. The van der Waals surface area contributed by atoms with Crippen molar-refractivity contribution >= 4 is 15.4 Å². The first-order chi connectivity index (χ1) is 6.38. The van der Waals surface area contributed by atoms with Gasteiger partial charge >= 0.3 is 0 Å².